The molecule has 0 fully saturated rings. The van der Waals surface area contributed by atoms with Gasteiger partial charge in [0, 0.05) is 11.8 Å². The van der Waals surface area contributed by atoms with E-state index in [1.165, 1.54) is 11.3 Å². The Balaban J connectivity index is 1.93. The van der Waals surface area contributed by atoms with Crippen LogP contribution in [0.2, 0.25) is 10.0 Å². The molecular weight excluding hydrogens is 291 g/mol. The van der Waals surface area contributed by atoms with Crippen LogP contribution in [-0.2, 0) is 11.2 Å². The third-order valence-electron chi connectivity index (χ3n) is 2.32. The van der Waals surface area contributed by atoms with E-state index in [0.29, 0.717) is 28.6 Å². The van der Waals surface area contributed by atoms with Crippen LogP contribution in [0.1, 0.15) is 12.1 Å². The van der Waals surface area contributed by atoms with E-state index in [4.69, 9.17) is 23.2 Å². The van der Waals surface area contributed by atoms with Crippen molar-refractivity contribution in [2.75, 3.05) is 5.32 Å². The zero-order chi connectivity index (χ0) is 13.0. The van der Waals surface area contributed by atoms with Crippen molar-refractivity contribution in [1.29, 1.82) is 0 Å². The molecular formula is C12H10Cl2N2OS. The molecule has 1 heterocycles. The van der Waals surface area contributed by atoms with Gasteiger partial charge in [-0.1, -0.05) is 29.3 Å². The van der Waals surface area contributed by atoms with Gasteiger partial charge in [-0.25, -0.2) is 4.98 Å². The molecule has 1 amide bonds. The summed E-state index contributed by atoms with van der Waals surface area (Å²) in [6.07, 6.45) is 0.986. The second-order valence-corrected chi connectivity index (χ2v) is 5.13. The summed E-state index contributed by atoms with van der Waals surface area (Å²) in [5, 5.41) is 5.45. The van der Waals surface area contributed by atoms with Crippen molar-refractivity contribution in [2.24, 2.45) is 0 Å². The first kappa shape index (κ1) is 13.3. The number of thiazole rings is 1. The van der Waals surface area contributed by atoms with E-state index >= 15 is 0 Å². The molecule has 3 nitrogen and oxygen atoms in total. The minimum absolute atomic E-state index is 0.104. The van der Waals surface area contributed by atoms with Gasteiger partial charge in [-0.15, -0.1) is 11.3 Å². The van der Waals surface area contributed by atoms with Crippen LogP contribution in [0.5, 0.6) is 0 Å². The molecule has 1 N–H and O–H groups in total. The maximum Gasteiger partial charge on any atom is 0.224 e. The fourth-order valence-corrected chi connectivity index (χ4v) is 2.36. The second kappa shape index (κ2) is 6.18. The lowest BCUT2D eigenvalue weighted by molar-refractivity contribution is -0.116. The van der Waals surface area contributed by atoms with Crippen LogP contribution in [0.15, 0.2) is 29.1 Å². The number of hydrogen-bond donors (Lipinski definition) is 1. The molecule has 2 rings (SSSR count). The van der Waals surface area contributed by atoms with Gasteiger partial charge >= 0.3 is 0 Å². The van der Waals surface area contributed by atoms with Crippen LogP contribution in [0.25, 0.3) is 0 Å². The Morgan fingerprint density at radius 3 is 2.94 bits per heavy atom. The fourth-order valence-electron chi connectivity index (χ4n) is 1.42. The number of halogens is 2. The Hall–Kier alpha value is -1.10. The Labute approximate surface area is 119 Å². The lowest BCUT2D eigenvalue weighted by Crippen LogP contribution is -2.12. The summed E-state index contributed by atoms with van der Waals surface area (Å²) in [5.41, 5.74) is 3.21. The third kappa shape index (κ3) is 3.45. The second-order valence-electron chi connectivity index (χ2n) is 3.63. The maximum absolute atomic E-state index is 11.7. The number of aromatic nitrogens is 1. The standard InChI is InChI=1S/C12H10Cl2N2OS/c13-9-2-1-3-10(12(9)14)16-11(17)5-4-8-6-18-7-15-8/h1-3,6-7H,4-5H2,(H,16,17). The predicted octanol–water partition coefficient (Wildman–Crippen LogP) is 4.02. The molecule has 0 aliphatic carbocycles. The highest BCUT2D eigenvalue weighted by molar-refractivity contribution is 7.07. The zero-order valence-electron chi connectivity index (χ0n) is 9.32. The third-order valence-corrected chi connectivity index (χ3v) is 3.77. The summed E-state index contributed by atoms with van der Waals surface area (Å²) in [7, 11) is 0. The van der Waals surface area contributed by atoms with Crippen LogP contribution < -0.4 is 5.32 Å². The van der Waals surface area contributed by atoms with Crippen molar-refractivity contribution in [3.05, 3.63) is 44.8 Å². The summed E-state index contributed by atoms with van der Waals surface area (Å²) < 4.78 is 0. The first-order chi connectivity index (χ1) is 8.66. The summed E-state index contributed by atoms with van der Waals surface area (Å²) >= 11 is 13.4. The molecule has 94 valence electrons. The lowest BCUT2D eigenvalue weighted by atomic mass is 10.2. The van der Waals surface area contributed by atoms with Gasteiger partial charge in [0.25, 0.3) is 0 Å². The average molecular weight is 301 g/mol. The van der Waals surface area contributed by atoms with Crippen LogP contribution in [-0.4, -0.2) is 10.9 Å². The quantitative estimate of drug-likeness (QED) is 0.926. The number of amides is 1. The van der Waals surface area contributed by atoms with Crippen molar-refractivity contribution >= 4 is 46.1 Å². The van der Waals surface area contributed by atoms with E-state index in [0.717, 1.165) is 5.69 Å². The van der Waals surface area contributed by atoms with Crippen molar-refractivity contribution in [3.8, 4) is 0 Å². The van der Waals surface area contributed by atoms with Gasteiger partial charge < -0.3 is 5.32 Å². The molecule has 0 saturated carbocycles. The normalized spacial score (nSPS) is 10.3. The fraction of sp³-hybridized carbons (Fsp3) is 0.167. The number of rotatable bonds is 4. The molecule has 0 bridgehead atoms. The van der Waals surface area contributed by atoms with Crippen molar-refractivity contribution in [2.45, 2.75) is 12.8 Å². The Morgan fingerprint density at radius 2 is 2.22 bits per heavy atom. The zero-order valence-corrected chi connectivity index (χ0v) is 11.6. The van der Waals surface area contributed by atoms with Crippen molar-refractivity contribution in [1.82, 2.24) is 4.98 Å². The molecule has 0 aliphatic heterocycles. The molecule has 0 spiro atoms. The number of aryl methyl sites for hydroxylation is 1. The van der Waals surface area contributed by atoms with Gasteiger partial charge in [-0.05, 0) is 18.6 Å². The SMILES string of the molecule is O=C(CCc1cscn1)Nc1cccc(Cl)c1Cl. The average Bonchev–Trinajstić information content (AvgIpc) is 2.86. The van der Waals surface area contributed by atoms with Crippen LogP contribution in [0.3, 0.4) is 0 Å². The van der Waals surface area contributed by atoms with Crippen LogP contribution >= 0.6 is 34.5 Å². The molecule has 2 aromatic rings. The smallest absolute Gasteiger partial charge is 0.224 e. The van der Waals surface area contributed by atoms with E-state index in [-0.39, 0.29) is 5.91 Å². The summed E-state index contributed by atoms with van der Waals surface area (Å²) in [5.74, 6) is -0.104. The maximum atomic E-state index is 11.7. The number of nitrogens with one attached hydrogen (secondary N) is 1. The first-order valence-corrected chi connectivity index (χ1v) is 6.97. The number of benzene rings is 1. The van der Waals surface area contributed by atoms with E-state index < -0.39 is 0 Å². The molecule has 6 heteroatoms. The lowest BCUT2D eigenvalue weighted by Gasteiger charge is -2.07. The molecule has 1 aromatic heterocycles. The van der Waals surface area contributed by atoms with Gasteiger partial charge in [-0.2, -0.15) is 0 Å². The van der Waals surface area contributed by atoms with Crippen molar-refractivity contribution in [3.63, 3.8) is 0 Å². The van der Waals surface area contributed by atoms with E-state index in [2.05, 4.69) is 10.3 Å². The summed E-state index contributed by atoms with van der Waals surface area (Å²) in [6.45, 7) is 0. The van der Waals surface area contributed by atoms with Gasteiger partial charge in [0.2, 0.25) is 5.91 Å². The minimum Gasteiger partial charge on any atom is -0.325 e. The highest BCUT2D eigenvalue weighted by Gasteiger charge is 2.08. The number of hydrogen-bond acceptors (Lipinski definition) is 3. The number of carbonyl (C=O) groups excluding carboxylic acids is 1. The molecule has 0 atom stereocenters. The molecule has 0 aliphatic rings. The molecule has 1 aromatic carbocycles. The molecule has 0 radical (unpaired) electrons. The van der Waals surface area contributed by atoms with E-state index in [1.54, 1.807) is 23.7 Å². The summed E-state index contributed by atoms with van der Waals surface area (Å²) in [4.78, 5) is 15.9. The first-order valence-electron chi connectivity index (χ1n) is 5.28. The van der Waals surface area contributed by atoms with Gasteiger partial charge in [0.15, 0.2) is 0 Å². The van der Waals surface area contributed by atoms with E-state index in [9.17, 15) is 4.79 Å². The number of carbonyl (C=O) groups is 1. The van der Waals surface area contributed by atoms with Gasteiger partial charge in [0.05, 0.1) is 26.9 Å². The minimum atomic E-state index is -0.104. The van der Waals surface area contributed by atoms with Gasteiger partial charge in [-0.3, -0.25) is 4.79 Å². The van der Waals surface area contributed by atoms with E-state index in [1.807, 2.05) is 5.38 Å². The topological polar surface area (TPSA) is 42.0 Å². The van der Waals surface area contributed by atoms with Crippen molar-refractivity contribution < 1.29 is 4.79 Å². The number of anilines is 1. The van der Waals surface area contributed by atoms with Crippen LogP contribution in [0.4, 0.5) is 5.69 Å². The Bertz CT molecular complexity index is 543. The molecule has 0 unspecified atom stereocenters. The summed E-state index contributed by atoms with van der Waals surface area (Å²) in [6, 6.07) is 5.13. The molecule has 18 heavy (non-hydrogen) atoms. The highest BCUT2D eigenvalue weighted by atomic mass is 35.5. The highest BCUT2D eigenvalue weighted by Crippen LogP contribution is 2.29. The Morgan fingerprint density at radius 1 is 1.39 bits per heavy atom. The largest absolute Gasteiger partial charge is 0.325 e. The van der Waals surface area contributed by atoms with Gasteiger partial charge in [0.1, 0.15) is 0 Å². The number of nitrogens with zero attached hydrogens (tertiary/aromatic N) is 1. The predicted molar refractivity (Wildman–Crippen MR) is 75.5 cm³/mol. The van der Waals surface area contributed by atoms with Crippen LogP contribution in [0, 0.1) is 0 Å². The Kier molecular flexibility index (Phi) is 4.58. The molecule has 0 saturated heterocycles. The monoisotopic (exact) mass is 300 g/mol.